The van der Waals surface area contributed by atoms with E-state index in [1.165, 1.54) is 5.69 Å². The van der Waals surface area contributed by atoms with Crippen molar-refractivity contribution in [1.29, 1.82) is 0 Å². The van der Waals surface area contributed by atoms with Gasteiger partial charge in [0.2, 0.25) is 0 Å². The number of benzene rings is 2. The van der Waals surface area contributed by atoms with Crippen LogP contribution in [0.15, 0.2) is 60.8 Å². The number of nitrogens with zero attached hydrogens (tertiary/aromatic N) is 5. The number of aromatic nitrogens is 5. The summed E-state index contributed by atoms with van der Waals surface area (Å²) in [5.41, 5.74) is 7.99. The van der Waals surface area contributed by atoms with Crippen LogP contribution in [0, 0.1) is 0 Å². The van der Waals surface area contributed by atoms with Crippen molar-refractivity contribution >= 4 is 27.6 Å². The Hall–Kier alpha value is -3.71. The van der Waals surface area contributed by atoms with Gasteiger partial charge < -0.3 is 9.80 Å². The number of aromatic amines is 2. The molecule has 7 heteroatoms. The predicted molar refractivity (Wildman–Crippen MR) is 124 cm³/mol. The van der Waals surface area contributed by atoms with Gasteiger partial charge in [0, 0.05) is 48.4 Å². The summed E-state index contributed by atoms with van der Waals surface area (Å²) < 4.78 is 0. The maximum absolute atomic E-state index is 4.98. The standard InChI is InChI=1S/C24H23N7/c1-30-11-13-31(14-12-30)17-7-5-16(6-8-17)23-24-22(28-29-23)10-9-20(26-24)18-3-2-4-21-19(18)15-25-27-21/h2-10,15H,11-14H2,1H3,(H,25,27)(H,28,29). The van der Waals surface area contributed by atoms with Gasteiger partial charge in [0.25, 0.3) is 0 Å². The molecule has 0 radical (unpaired) electrons. The number of hydrogen-bond acceptors (Lipinski definition) is 5. The average Bonchev–Trinajstić information content (AvgIpc) is 3.46. The first-order valence-electron chi connectivity index (χ1n) is 10.6. The minimum Gasteiger partial charge on any atom is -0.369 e. The van der Waals surface area contributed by atoms with Crippen molar-refractivity contribution in [2.45, 2.75) is 0 Å². The van der Waals surface area contributed by atoms with Crippen molar-refractivity contribution in [3.63, 3.8) is 0 Å². The summed E-state index contributed by atoms with van der Waals surface area (Å²) in [6, 6.07) is 18.9. The maximum atomic E-state index is 4.98. The molecule has 0 saturated carbocycles. The van der Waals surface area contributed by atoms with E-state index < -0.39 is 0 Å². The summed E-state index contributed by atoms with van der Waals surface area (Å²) in [5.74, 6) is 0. The van der Waals surface area contributed by atoms with Gasteiger partial charge in [-0.25, -0.2) is 4.98 Å². The number of piperazine rings is 1. The van der Waals surface area contributed by atoms with Gasteiger partial charge in [-0.1, -0.05) is 24.3 Å². The number of hydrogen-bond donors (Lipinski definition) is 2. The number of likely N-dealkylation sites (N-methyl/N-ethyl adjacent to an activating group) is 1. The van der Waals surface area contributed by atoms with E-state index in [4.69, 9.17) is 4.98 Å². The molecule has 4 heterocycles. The number of pyridine rings is 1. The van der Waals surface area contributed by atoms with Crippen molar-refractivity contribution in [2.24, 2.45) is 0 Å². The zero-order valence-corrected chi connectivity index (χ0v) is 17.3. The number of anilines is 1. The Morgan fingerprint density at radius 2 is 1.68 bits per heavy atom. The van der Waals surface area contributed by atoms with Crippen molar-refractivity contribution in [1.82, 2.24) is 30.3 Å². The van der Waals surface area contributed by atoms with Gasteiger partial charge in [-0.3, -0.25) is 10.2 Å². The van der Waals surface area contributed by atoms with Gasteiger partial charge >= 0.3 is 0 Å². The Labute approximate surface area is 179 Å². The molecule has 0 amide bonds. The van der Waals surface area contributed by atoms with Gasteiger partial charge in [-0.05, 0) is 37.4 Å². The Balaban J connectivity index is 1.37. The zero-order valence-electron chi connectivity index (χ0n) is 17.3. The number of rotatable bonds is 3. The lowest BCUT2D eigenvalue weighted by atomic mass is 10.1. The maximum Gasteiger partial charge on any atom is 0.118 e. The molecule has 7 nitrogen and oxygen atoms in total. The fourth-order valence-corrected chi connectivity index (χ4v) is 4.34. The molecule has 6 rings (SSSR count). The third-order valence-corrected chi connectivity index (χ3v) is 6.18. The molecule has 1 aliphatic heterocycles. The summed E-state index contributed by atoms with van der Waals surface area (Å²) in [5, 5.41) is 16.0. The van der Waals surface area contributed by atoms with Gasteiger partial charge in [-0.15, -0.1) is 0 Å². The van der Waals surface area contributed by atoms with E-state index in [-0.39, 0.29) is 0 Å². The minimum atomic E-state index is 0.876. The van der Waals surface area contributed by atoms with Crippen LogP contribution in [0.25, 0.3) is 44.5 Å². The van der Waals surface area contributed by atoms with Crippen LogP contribution in [0.4, 0.5) is 5.69 Å². The van der Waals surface area contributed by atoms with Crippen LogP contribution in [0.2, 0.25) is 0 Å². The highest BCUT2D eigenvalue weighted by atomic mass is 15.2. The van der Waals surface area contributed by atoms with Crippen LogP contribution in [0.3, 0.4) is 0 Å². The first kappa shape index (κ1) is 18.1. The van der Waals surface area contributed by atoms with Crippen LogP contribution in [0.5, 0.6) is 0 Å². The second-order valence-electron chi connectivity index (χ2n) is 8.14. The third kappa shape index (κ3) is 3.14. The molecule has 31 heavy (non-hydrogen) atoms. The van der Waals surface area contributed by atoms with E-state index in [9.17, 15) is 0 Å². The van der Waals surface area contributed by atoms with E-state index in [0.29, 0.717) is 0 Å². The first-order chi connectivity index (χ1) is 15.3. The molecule has 0 bridgehead atoms. The quantitative estimate of drug-likeness (QED) is 0.472. The summed E-state index contributed by atoms with van der Waals surface area (Å²) in [7, 11) is 2.18. The summed E-state index contributed by atoms with van der Waals surface area (Å²) >= 11 is 0. The lowest BCUT2D eigenvalue weighted by Gasteiger charge is -2.34. The van der Waals surface area contributed by atoms with E-state index >= 15 is 0 Å². The largest absolute Gasteiger partial charge is 0.369 e. The molecule has 3 aromatic heterocycles. The first-order valence-corrected chi connectivity index (χ1v) is 10.6. The van der Waals surface area contributed by atoms with E-state index in [2.05, 4.69) is 67.6 Å². The fraction of sp³-hybridized carbons (Fsp3) is 0.208. The van der Waals surface area contributed by atoms with Crippen LogP contribution >= 0.6 is 0 Å². The molecule has 0 unspecified atom stereocenters. The predicted octanol–water partition coefficient (Wildman–Crippen LogP) is 3.92. The summed E-state index contributed by atoms with van der Waals surface area (Å²) in [6.07, 6.45) is 1.85. The molecule has 1 aliphatic rings. The van der Waals surface area contributed by atoms with Crippen molar-refractivity contribution in [2.75, 3.05) is 38.1 Å². The van der Waals surface area contributed by atoms with E-state index in [0.717, 1.165) is 70.6 Å². The highest BCUT2D eigenvalue weighted by Gasteiger charge is 2.16. The molecule has 0 spiro atoms. The van der Waals surface area contributed by atoms with Gasteiger partial charge in [0.05, 0.1) is 22.9 Å². The summed E-state index contributed by atoms with van der Waals surface area (Å²) in [4.78, 5) is 9.79. The normalized spacial score (nSPS) is 15.2. The molecule has 5 aromatic rings. The number of H-pyrrole nitrogens is 2. The second-order valence-corrected chi connectivity index (χ2v) is 8.14. The highest BCUT2D eigenvalue weighted by molar-refractivity contribution is 5.96. The zero-order chi connectivity index (χ0) is 20.8. The Kier molecular flexibility index (Phi) is 4.21. The Morgan fingerprint density at radius 3 is 2.52 bits per heavy atom. The third-order valence-electron chi connectivity index (χ3n) is 6.18. The van der Waals surface area contributed by atoms with Crippen LogP contribution in [-0.4, -0.2) is 63.5 Å². The van der Waals surface area contributed by atoms with Crippen molar-refractivity contribution in [3.8, 4) is 22.5 Å². The molecule has 0 aliphatic carbocycles. The topological polar surface area (TPSA) is 76.7 Å². The van der Waals surface area contributed by atoms with Crippen LogP contribution in [-0.2, 0) is 0 Å². The summed E-state index contributed by atoms with van der Waals surface area (Å²) in [6.45, 7) is 4.32. The van der Waals surface area contributed by atoms with Crippen LogP contribution < -0.4 is 4.90 Å². The van der Waals surface area contributed by atoms with Gasteiger partial charge in [0.1, 0.15) is 11.2 Å². The van der Waals surface area contributed by atoms with Gasteiger partial charge in [0.15, 0.2) is 0 Å². The molecule has 0 atom stereocenters. The molecule has 2 N–H and O–H groups in total. The van der Waals surface area contributed by atoms with E-state index in [1.54, 1.807) is 0 Å². The molecule has 2 aromatic carbocycles. The lowest BCUT2D eigenvalue weighted by Crippen LogP contribution is -2.44. The average molecular weight is 409 g/mol. The lowest BCUT2D eigenvalue weighted by molar-refractivity contribution is 0.313. The Morgan fingerprint density at radius 1 is 0.839 bits per heavy atom. The SMILES string of the molecule is CN1CCN(c2ccc(-c3n[nH]c4ccc(-c5cccc6[nH]ncc56)nc34)cc2)CC1. The van der Waals surface area contributed by atoms with E-state index in [1.807, 2.05) is 30.5 Å². The Bertz CT molecular complexity index is 1360. The molecular formula is C24H23N7. The van der Waals surface area contributed by atoms with Gasteiger partial charge in [-0.2, -0.15) is 10.2 Å². The molecule has 1 fully saturated rings. The number of fused-ring (bicyclic) bond motifs is 2. The number of nitrogens with one attached hydrogen (secondary N) is 2. The van der Waals surface area contributed by atoms with Crippen LogP contribution in [0.1, 0.15) is 0 Å². The second kappa shape index (κ2) is 7.21. The van der Waals surface area contributed by atoms with Crippen molar-refractivity contribution < 1.29 is 0 Å². The van der Waals surface area contributed by atoms with Crippen molar-refractivity contribution in [3.05, 3.63) is 60.8 Å². The smallest absolute Gasteiger partial charge is 0.118 e. The highest BCUT2D eigenvalue weighted by Crippen LogP contribution is 2.31. The molecule has 1 saturated heterocycles. The monoisotopic (exact) mass is 409 g/mol. The fourth-order valence-electron chi connectivity index (χ4n) is 4.34. The molecule has 154 valence electrons. The minimum absolute atomic E-state index is 0.876. The molecular weight excluding hydrogens is 386 g/mol.